The third-order valence-corrected chi connectivity index (χ3v) is 13.1. The minimum Gasteiger partial charge on any atom is -0.0628 e. The second kappa shape index (κ2) is 10.1. The van der Waals surface area contributed by atoms with E-state index in [-0.39, 0.29) is 20.4 Å². The first kappa shape index (κ1) is 29.8. The summed E-state index contributed by atoms with van der Waals surface area (Å²) in [6.45, 7) is 35.4. The van der Waals surface area contributed by atoms with Gasteiger partial charge in [0.15, 0.2) is 0 Å². The molecule has 0 heterocycles. The average Bonchev–Trinajstić information content (AvgIpc) is 2.84. The fourth-order valence-electron chi connectivity index (χ4n) is 6.94. The van der Waals surface area contributed by atoms with Gasteiger partial charge in [-0.25, -0.2) is 0 Å². The minimum atomic E-state index is -1.07. The van der Waals surface area contributed by atoms with Gasteiger partial charge in [0.05, 0.1) is 0 Å². The Labute approximate surface area is 241 Å². The molecular weight excluding hydrogens is 635 g/mol. The number of benzene rings is 4. The van der Waals surface area contributed by atoms with E-state index >= 15 is 0 Å². The van der Waals surface area contributed by atoms with Crippen LogP contribution in [-0.2, 0) is 20.4 Å². The Morgan fingerprint density at radius 1 is 0.270 bits per heavy atom. The summed E-state index contributed by atoms with van der Waals surface area (Å²) in [5.41, 5.74) is 20.6. The second-order valence-corrected chi connectivity index (χ2v) is 13.9. The van der Waals surface area contributed by atoms with Crippen LogP contribution in [0.15, 0.2) is 0 Å². The van der Waals surface area contributed by atoms with Gasteiger partial charge in [-0.3, -0.25) is 0 Å². The zero-order chi connectivity index (χ0) is 27.1. The predicted molar refractivity (Wildman–Crippen MR) is 165 cm³/mol. The zero-order valence-electron chi connectivity index (χ0n) is 25.9. The van der Waals surface area contributed by atoms with Gasteiger partial charge in [0.25, 0.3) is 0 Å². The van der Waals surface area contributed by atoms with Crippen LogP contribution in [0.1, 0.15) is 77.9 Å². The van der Waals surface area contributed by atoms with Crippen molar-refractivity contribution in [1.29, 1.82) is 0 Å². The van der Waals surface area contributed by atoms with Crippen molar-refractivity contribution >= 4 is 40.7 Å². The van der Waals surface area contributed by atoms with Gasteiger partial charge in [0, 0.05) is 20.4 Å². The first-order valence-electron chi connectivity index (χ1n) is 13.5. The fourth-order valence-corrected chi connectivity index (χ4v) is 10.1. The molecule has 0 fully saturated rings. The van der Waals surface area contributed by atoms with E-state index in [0.29, 0.717) is 0 Å². The molecule has 0 saturated heterocycles. The fraction of sp³-hybridized carbons (Fsp3) is 0.429. The van der Waals surface area contributed by atoms with Crippen molar-refractivity contribution in [2.75, 3.05) is 0 Å². The number of hydrogen-bond donors (Lipinski definition) is 0. The Kier molecular flexibility index (Phi) is 8.15. The monoisotopic (exact) mass is 680 g/mol. The summed E-state index contributed by atoms with van der Waals surface area (Å²) in [5, 5.41) is 9.34. The molecule has 4 aromatic rings. The van der Waals surface area contributed by atoms with Gasteiger partial charge in [-0.2, -0.15) is 0 Å². The van der Waals surface area contributed by atoms with Gasteiger partial charge in [0.1, 0.15) is 8.80 Å². The van der Waals surface area contributed by atoms with Crippen LogP contribution >= 0.6 is 0 Å². The standard InChI is InChI=1S/C35H45Si.Re/c1-16-18(3)26(11)32-30(22(16)7)24(9)20(5)28(13)34(32)36(15)35-29(14)21(6)25(10)31-23(8)17(2)19(4)27(12)33(31)35;/h1-15H3;. The van der Waals surface area contributed by atoms with Crippen molar-refractivity contribution in [3.05, 3.63) is 77.9 Å². The molecule has 0 amide bonds. The van der Waals surface area contributed by atoms with Crippen molar-refractivity contribution in [3.8, 4) is 0 Å². The van der Waals surface area contributed by atoms with Gasteiger partial charge >= 0.3 is 0 Å². The summed E-state index contributed by atoms with van der Waals surface area (Å²) >= 11 is 0. The second-order valence-electron chi connectivity index (χ2n) is 11.6. The molecule has 0 saturated carbocycles. The number of aryl methyl sites for hydroxylation is 6. The molecule has 0 aromatic heterocycles. The van der Waals surface area contributed by atoms with Crippen LogP contribution in [0.5, 0.6) is 0 Å². The van der Waals surface area contributed by atoms with Gasteiger partial charge in [-0.15, -0.1) is 0 Å². The number of rotatable bonds is 2. The molecule has 0 N–H and O–H groups in total. The average molecular weight is 680 g/mol. The maximum absolute atomic E-state index is 2.58. The molecular formula is C35H45ReSi. The molecule has 37 heavy (non-hydrogen) atoms. The smallest absolute Gasteiger partial charge is 0.0628 e. The Bertz CT molecular complexity index is 1480. The van der Waals surface area contributed by atoms with Crippen LogP contribution in [0.3, 0.4) is 0 Å². The first-order valence-corrected chi connectivity index (χ1v) is 15.5. The van der Waals surface area contributed by atoms with E-state index < -0.39 is 8.80 Å². The quantitative estimate of drug-likeness (QED) is 0.186. The molecule has 0 aliphatic heterocycles. The molecule has 2 radical (unpaired) electrons. The Hall–Kier alpha value is -1.72. The van der Waals surface area contributed by atoms with E-state index in [9.17, 15) is 0 Å². The molecule has 0 aliphatic rings. The van der Waals surface area contributed by atoms with Crippen molar-refractivity contribution in [3.63, 3.8) is 0 Å². The van der Waals surface area contributed by atoms with Crippen molar-refractivity contribution in [2.24, 2.45) is 0 Å². The molecule has 2 heteroatoms. The Morgan fingerprint density at radius 2 is 0.459 bits per heavy atom. The van der Waals surface area contributed by atoms with Crippen molar-refractivity contribution in [1.82, 2.24) is 0 Å². The predicted octanol–water partition coefficient (Wildman–Crippen LogP) is 8.55. The number of fused-ring (bicyclic) bond motifs is 2. The summed E-state index contributed by atoms with van der Waals surface area (Å²) in [6.07, 6.45) is 0. The third-order valence-electron chi connectivity index (χ3n) is 10.4. The SMILES string of the molecule is Cc1c(C)c(C)c2c([Si](C)c3c(C)c(C)c(C)c4c(C)c(C)c(C)c(C)c34)c(C)c(C)c(C)c2c1C.[Re]. The molecule has 4 aromatic carbocycles. The van der Waals surface area contributed by atoms with E-state index in [1.54, 1.807) is 10.4 Å². The van der Waals surface area contributed by atoms with Gasteiger partial charge in [0.2, 0.25) is 0 Å². The molecule has 4 rings (SSSR count). The van der Waals surface area contributed by atoms with Crippen LogP contribution in [0, 0.1) is 96.9 Å². The molecule has 0 nitrogen and oxygen atoms in total. The molecule has 0 unspecified atom stereocenters. The molecule has 0 bridgehead atoms. The van der Waals surface area contributed by atoms with Crippen LogP contribution in [-0.4, -0.2) is 8.80 Å². The van der Waals surface area contributed by atoms with Crippen LogP contribution in [0.2, 0.25) is 6.55 Å². The van der Waals surface area contributed by atoms with Crippen molar-refractivity contribution < 1.29 is 20.4 Å². The topological polar surface area (TPSA) is 0 Å². The molecule has 0 aliphatic carbocycles. The van der Waals surface area contributed by atoms with Gasteiger partial charge in [-0.05, 0) is 207 Å². The van der Waals surface area contributed by atoms with E-state index in [1.807, 2.05) is 0 Å². The minimum absolute atomic E-state index is 0. The van der Waals surface area contributed by atoms with E-state index in [1.165, 1.54) is 99.4 Å². The summed E-state index contributed by atoms with van der Waals surface area (Å²) in [5.74, 6) is 0. The maximum atomic E-state index is 2.58. The van der Waals surface area contributed by atoms with Crippen molar-refractivity contribution in [2.45, 2.75) is 103 Å². The van der Waals surface area contributed by atoms with E-state index in [4.69, 9.17) is 0 Å². The van der Waals surface area contributed by atoms with Crippen LogP contribution in [0.4, 0.5) is 0 Å². The first-order chi connectivity index (χ1) is 16.7. The molecule has 0 spiro atoms. The summed E-state index contributed by atoms with van der Waals surface area (Å²) in [7, 11) is -1.07. The van der Waals surface area contributed by atoms with Gasteiger partial charge in [-0.1, -0.05) is 6.55 Å². The maximum Gasteiger partial charge on any atom is 0.120 e. The van der Waals surface area contributed by atoms with Gasteiger partial charge < -0.3 is 0 Å². The van der Waals surface area contributed by atoms with E-state index in [2.05, 4.69) is 103 Å². The third kappa shape index (κ3) is 4.02. The number of hydrogen-bond acceptors (Lipinski definition) is 0. The Balaban J connectivity index is 0.00000380. The van der Waals surface area contributed by atoms with Crippen LogP contribution in [0.25, 0.3) is 21.5 Å². The van der Waals surface area contributed by atoms with Crippen LogP contribution < -0.4 is 10.4 Å². The summed E-state index contributed by atoms with van der Waals surface area (Å²) in [6, 6.07) is 0. The summed E-state index contributed by atoms with van der Waals surface area (Å²) < 4.78 is 0. The molecule has 0 atom stereocenters. The normalized spacial score (nSPS) is 11.7. The van der Waals surface area contributed by atoms with E-state index in [0.717, 1.165) is 0 Å². The Morgan fingerprint density at radius 3 is 0.703 bits per heavy atom. The largest absolute Gasteiger partial charge is 0.120 e. The molecule has 196 valence electrons. The zero-order valence-corrected chi connectivity index (χ0v) is 29.6. The summed E-state index contributed by atoms with van der Waals surface area (Å²) in [4.78, 5) is 0.